The van der Waals surface area contributed by atoms with Crippen molar-refractivity contribution in [2.45, 2.75) is 25.4 Å². The minimum absolute atomic E-state index is 0.199. The molecule has 4 heteroatoms. The summed E-state index contributed by atoms with van der Waals surface area (Å²) in [4.78, 5) is 13.8. The number of likely N-dealkylation sites (tertiary alicyclic amines) is 1. The van der Waals surface area contributed by atoms with Crippen molar-refractivity contribution in [3.63, 3.8) is 0 Å². The Balaban J connectivity index is 1.86. The maximum absolute atomic E-state index is 11.8. The third kappa shape index (κ3) is 2.07. The summed E-state index contributed by atoms with van der Waals surface area (Å²) < 4.78 is 0. The lowest BCUT2D eigenvalue weighted by atomic mass is 10.0. The predicted octanol–water partition coefficient (Wildman–Crippen LogP) is -0.421. The summed E-state index contributed by atoms with van der Waals surface area (Å²) in [6, 6.07) is 0. The lowest BCUT2D eigenvalue weighted by Gasteiger charge is -2.31. The normalized spacial score (nSPS) is 29.5. The van der Waals surface area contributed by atoms with Crippen molar-refractivity contribution in [1.82, 2.24) is 10.2 Å². The Morgan fingerprint density at radius 3 is 2.71 bits per heavy atom. The molecule has 2 rings (SSSR count). The van der Waals surface area contributed by atoms with Crippen LogP contribution in [-0.4, -0.2) is 48.2 Å². The molecule has 2 fully saturated rings. The third-order valence-corrected chi connectivity index (χ3v) is 3.14. The van der Waals surface area contributed by atoms with E-state index in [0.717, 1.165) is 45.4 Å². The van der Waals surface area contributed by atoms with E-state index in [9.17, 15) is 9.90 Å². The molecule has 14 heavy (non-hydrogen) atoms. The molecular formula is C10H18N2O2. The lowest BCUT2D eigenvalue weighted by molar-refractivity contribution is -0.137. The van der Waals surface area contributed by atoms with E-state index in [1.165, 1.54) is 0 Å². The molecule has 0 radical (unpaired) electrons. The first kappa shape index (κ1) is 9.93. The van der Waals surface area contributed by atoms with Crippen LogP contribution in [0.2, 0.25) is 0 Å². The van der Waals surface area contributed by atoms with Crippen LogP contribution in [-0.2, 0) is 4.79 Å². The van der Waals surface area contributed by atoms with Crippen LogP contribution in [0.5, 0.6) is 0 Å². The number of nitrogens with zero attached hydrogens (tertiary/aromatic N) is 1. The molecule has 80 valence electrons. The summed E-state index contributed by atoms with van der Waals surface area (Å²) in [5.41, 5.74) is 0. The topological polar surface area (TPSA) is 52.6 Å². The van der Waals surface area contributed by atoms with Crippen LogP contribution < -0.4 is 5.32 Å². The second kappa shape index (κ2) is 4.28. The van der Waals surface area contributed by atoms with Gasteiger partial charge in [0.05, 0.1) is 12.0 Å². The quantitative estimate of drug-likeness (QED) is 0.601. The van der Waals surface area contributed by atoms with Gasteiger partial charge in [-0.15, -0.1) is 0 Å². The number of amides is 1. The molecule has 0 aromatic heterocycles. The Labute approximate surface area is 84.3 Å². The summed E-state index contributed by atoms with van der Waals surface area (Å²) in [6.45, 7) is 3.22. The number of carbonyl (C=O) groups is 1. The van der Waals surface area contributed by atoms with Gasteiger partial charge in [0, 0.05) is 26.2 Å². The Hall–Kier alpha value is -0.610. The molecule has 0 saturated carbocycles. The molecule has 2 N–H and O–H groups in total. The minimum Gasteiger partial charge on any atom is -0.393 e. The molecule has 2 saturated heterocycles. The van der Waals surface area contributed by atoms with Crippen molar-refractivity contribution in [1.29, 1.82) is 0 Å². The summed E-state index contributed by atoms with van der Waals surface area (Å²) in [6.07, 6.45) is 2.32. The SMILES string of the molecule is O=C(C1CNC1)N1CCCC(O)CC1. The molecule has 0 spiro atoms. The lowest BCUT2D eigenvalue weighted by Crippen LogP contribution is -2.52. The molecule has 1 unspecified atom stereocenters. The van der Waals surface area contributed by atoms with E-state index in [-0.39, 0.29) is 17.9 Å². The molecule has 0 aromatic carbocycles. The third-order valence-electron chi connectivity index (χ3n) is 3.14. The average molecular weight is 198 g/mol. The van der Waals surface area contributed by atoms with Crippen molar-refractivity contribution in [2.24, 2.45) is 5.92 Å². The largest absolute Gasteiger partial charge is 0.393 e. The fourth-order valence-corrected chi connectivity index (χ4v) is 2.02. The molecule has 2 aliphatic heterocycles. The van der Waals surface area contributed by atoms with Gasteiger partial charge in [-0.25, -0.2) is 0 Å². The zero-order valence-corrected chi connectivity index (χ0v) is 8.41. The van der Waals surface area contributed by atoms with E-state index in [1.807, 2.05) is 4.90 Å². The second-order valence-corrected chi connectivity index (χ2v) is 4.27. The monoisotopic (exact) mass is 198 g/mol. The van der Waals surface area contributed by atoms with E-state index in [1.54, 1.807) is 0 Å². The molecule has 0 aliphatic carbocycles. The predicted molar refractivity (Wildman–Crippen MR) is 52.8 cm³/mol. The zero-order valence-electron chi connectivity index (χ0n) is 8.41. The van der Waals surface area contributed by atoms with E-state index >= 15 is 0 Å². The number of nitrogens with one attached hydrogen (secondary N) is 1. The number of hydrogen-bond donors (Lipinski definition) is 2. The van der Waals surface area contributed by atoms with Gasteiger partial charge in [0.25, 0.3) is 0 Å². The molecule has 2 aliphatic rings. The van der Waals surface area contributed by atoms with Crippen LogP contribution in [0.15, 0.2) is 0 Å². The molecule has 0 aromatic rings. The van der Waals surface area contributed by atoms with E-state index in [0.29, 0.717) is 0 Å². The summed E-state index contributed by atoms with van der Waals surface area (Å²) in [5.74, 6) is 0.475. The van der Waals surface area contributed by atoms with Gasteiger partial charge in [0.1, 0.15) is 0 Å². The Kier molecular flexibility index (Phi) is 3.03. The summed E-state index contributed by atoms with van der Waals surface area (Å²) in [7, 11) is 0. The maximum Gasteiger partial charge on any atom is 0.228 e. The molecular weight excluding hydrogens is 180 g/mol. The smallest absolute Gasteiger partial charge is 0.228 e. The highest BCUT2D eigenvalue weighted by Crippen LogP contribution is 2.15. The molecule has 1 atom stereocenters. The van der Waals surface area contributed by atoms with Crippen molar-refractivity contribution in [3.8, 4) is 0 Å². The van der Waals surface area contributed by atoms with Crippen LogP contribution >= 0.6 is 0 Å². The highest BCUT2D eigenvalue weighted by molar-refractivity contribution is 5.80. The first-order chi connectivity index (χ1) is 6.77. The number of aliphatic hydroxyl groups excluding tert-OH is 1. The van der Waals surface area contributed by atoms with Crippen molar-refractivity contribution < 1.29 is 9.90 Å². The van der Waals surface area contributed by atoms with Gasteiger partial charge in [0.2, 0.25) is 5.91 Å². The maximum atomic E-state index is 11.8. The van der Waals surface area contributed by atoms with Gasteiger partial charge < -0.3 is 15.3 Å². The van der Waals surface area contributed by atoms with Crippen LogP contribution in [0.25, 0.3) is 0 Å². The van der Waals surface area contributed by atoms with Gasteiger partial charge in [0.15, 0.2) is 0 Å². The van der Waals surface area contributed by atoms with Gasteiger partial charge in [-0.2, -0.15) is 0 Å². The molecule has 4 nitrogen and oxygen atoms in total. The Bertz CT molecular complexity index is 216. The standard InChI is InChI=1S/C10H18N2O2/c13-9-2-1-4-12(5-3-9)10(14)8-6-11-7-8/h8-9,11,13H,1-7H2. The Morgan fingerprint density at radius 2 is 2.07 bits per heavy atom. The highest BCUT2D eigenvalue weighted by Gasteiger charge is 2.30. The Morgan fingerprint density at radius 1 is 1.29 bits per heavy atom. The van der Waals surface area contributed by atoms with Crippen molar-refractivity contribution in [3.05, 3.63) is 0 Å². The van der Waals surface area contributed by atoms with Crippen LogP contribution in [0.4, 0.5) is 0 Å². The van der Waals surface area contributed by atoms with Gasteiger partial charge in [-0.3, -0.25) is 4.79 Å². The van der Waals surface area contributed by atoms with E-state index < -0.39 is 0 Å². The highest BCUT2D eigenvalue weighted by atomic mass is 16.3. The fraction of sp³-hybridized carbons (Fsp3) is 0.900. The van der Waals surface area contributed by atoms with Gasteiger partial charge in [-0.1, -0.05) is 0 Å². The van der Waals surface area contributed by atoms with E-state index in [2.05, 4.69) is 5.32 Å². The van der Waals surface area contributed by atoms with Crippen LogP contribution in [0.1, 0.15) is 19.3 Å². The number of rotatable bonds is 1. The first-order valence-electron chi connectivity index (χ1n) is 5.45. The van der Waals surface area contributed by atoms with Crippen LogP contribution in [0, 0.1) is 5.92 Å². The first-order valence-corrected chi connectivity index (χ1v) is 5.45. The van der Waals surface area contributed by atoms with Gasteiger partial charge >= 0.3 is 0 Å². The number of hydrogen-bond acceptors (Lipinski definition) is 3. The average Bonchev–Trinajstić information content (AvgIpc) is 2.26. The van der Waals surface area contributed by atoms with E-state index in [4.69, 9.17) is 0 Å². The summed E-state index contributed by atoms with van der Waals surface area (Å²) in [5, 5.41) is 12.6. The van der Waals surface area contributed by atoms with Crippen LogP contribution in [0.3, 0.4) is 0 Å². The minimum atomic E-state index is -0.202. The van der Waals surface area contributed by atoms with Gasteiger partial charge in [-0.05, 0) is 19.3 Å². The zero-order chi connectivity index (χ0) is 9.97. The number of aliphatic hydroxyl groups is 1. The number of carbonyl (C=O) groups excluding carboxylic acids is 1. The second-order valence-electron chi connectivity index (χ2n) is 4.27. The fourth-order valence-electron chi connectivity index (χ4n) is 2.02. The van der Waals surface area contributed by atoms with Crippen molar-refractivity contribution in [2.75, 3.05) is 26.2 Å². The molecule has 1 amide bonds. The van der Waals surface area contributed by atoms with Crippen molar-refractivity contribution >= 4 is 5.91 Å². The molecule has 2 heterocycles. The summed E-state index contributed by atoms with van der Waals surface area (Å²) >= 11 is 0. The molecule has 0 bridgehead atoms.